The van der Waals surface area contributed by atoms with E-state index < -0.39 is 6.10 Å². The number of aliphatic hydroxyl groups is 1. The largest absolute Gasteiger partial charge is 0.462 e. The second-order valence-corrected chi connectivity index (χ2v) is 9.48. The highest BCUT2D eigenvalue weighted by molar-refractivity contribution is 5.70. The predicted molar refractivity (Wildman–Crippen MR) is 141 cm³/mol. The molecule has 0 amide bonds. The van der Waals surface area contributed by atoms with Crippen molar-refractivity contribution >= 4 is 11.9 Å². The van der Waals surface area contributed by atoms with E-state index in [1.165, 1.54) is 70.6 Å². The van der Waals surface area contributed by atoms with Crippen LogP contribution in [0.4, 0.5) is 0 Å². The maximum Gasteiger partial charge on any atom is 0.306 e. The standard InChI is InChI=1S/C29H54O5/c1-3-5-7-9-10-11-12-13-14-15-16-17-18-20-22-24-29(32)34-27(25-30)26-33-28(31)23-21-19-8-6-4-2/h13-14,27,30H,3-12,15-26H2,1-2H3/b14-13-/t27-/m0/s1. The molecule has 0 aliphatic rings. The van der Waals surface area contributed by atoms with Gasteiger partial charge in [0.1, 0.15) is 6.61 Å². The quantitative estimate of drug-likeness (QED) is 0.0815. The number of ether oxygens (including phenoxy) is 2. The van der Waals surface area contributed by atoms with Gasteiger partial charge in [-0.1, -0.05) is 103 Å². The van der Waals surface area contributed by atoms with Gasteiger partial charge in [-0.15, -0.1) is 0 Å². The molecule has 0 saturated heterocycles. The first-order valence-corrected chi connectivity index (χ1v) is 14.2. The van der Waals surface area contributed by atoms with Gasteiger partial charge in [-0.05, 0) is 38.5 Å². The Bertz CT molecular complexity index is 489. The molecule has 0 aliphatic carbocycles. The van der Waals surface area contributed by atoms with E-state index in [1.807, 2.05) is 0 Å². The molecule has 5 heteroatoms. The minimum atomic E-state index is -0.764. The molecule has 0 aromatic carbocycles. The Kier molecular flexibility index (Phi) is 25.2. The molecule has 0 unspecified atom stereocenters. The Balaban J connectivity index is 3.58. The molecule has 1 N–H and O–H groups in total. The van der Waals surface area contributed by atoms with Gasteiger partial charge in [0.15, 0.2) is 6.10 Å². The van der Waals surface area contributed by atoms with Crippen molar-refractivity contribution in [2.45, 2.75) is 148 Å². The minimum absolute atomic E-state index is 0.0671. The molecule has 200 valence electrons. The smallest absolute Gasteiger partial charge is 0.306 e. The first kappa shape index (κ1) is 32.6. The summed E-state index contributed by atoms with van der Waals surface area (Å²) in [6.45, 7) is 4.01. The Morgan fingerprint density at radius 1 is 0.647 bits per heavy atom. The lowest BCUT2D eigenvalue weighted by Gasteiger charge is -2.15. The third-order valence-corrected chi connectivity index (χ3v) is 6.06. The van der Waals surface area contributed by atoms with Crippen molar-refractivity contribution in [2.24, 2.45) is 0 Å². The fourth-order valence-electron chi connectivity index (χ4n) is 3.84. The highest BCUT2D eigenvalue weighted by Crippen LogP contribution is 2.11. The number of hydrogen-bond donors (Lipinski definition) is 1. The average Bonchev–Trinajstić information content (AvgIpc) is 2.84. The molecule has 0 radical (unpaired) electrons. The topological polar surface area (TPSA) is 72.8 Å². The van der Waals surface area contributed by atoms with Crippen molar-refractivity contribution in [3.05, 3.63) is 12.2 Å². The molecule has 1 atom stereocenters. The van der Waals surface area contributed by atoms with Crippen LogP contribution in [0.5, 0.6) is 0 Å². The summed E-state index contributed by atoms with van der Waals surface area (Å²) < 4.78 is 10.4. The summed E-state index contributed by atoms with van der Waals surface area (Å²) in [6, 6.07) is 0. The van der Waals surface area contributed by atoms with Crippen molar-refractivity contribution < 1.29 is 24.2 Å². The summed E-state index contributed by atoms with van der Waals surface area (Å²) in [7, 11) is 0. The van der Waals surface area contributed by atoms with Crippen molar-refractivity contribution in [1.82, 2.24) is 0 Å². The summed E-state index contributed by atoms with van der Waals surface area (Å²) in [6.07, 6.45) is 25.7. The predicted octanol–water partition coefficient (Wildman–Crippen LogP) is 7.83. The Labute approximate surface area is 210 Å². The van der Waals surface area contributed by atoms with Crippen LogP contribution in [0.25, 0.3) is 0 Å². The van der Waals surface area contributed by atoms with Crippen LogP contribution in [-0.2, 0) is 19.1 Å². The average molecular weight is 483 g/mol. The van der Waals surface area contributed by atoms with E-state index >= 15 is 0 Å². The van der Waals surface area contributed by atoms with Gasteiger partial charge in [-0.2, -0.15) is 0 Å². The van der Waals surface area contributed by atoms with Crippen molar-refractivity contribution in [1.29, 1.82) is 0 Å². The van der Waals surface area contributed by atoms with Crippen LogP contribution < -0.4 is 0 Å². The molecule has 0 aliphatic heterocycles. The summed E-state index contributed by atoms with van der Waals surface area (Å²) >= 11 is 0. The third kappa shape index (κ3) is 23.8. The summed E-state index contributed by atoms with van der Waals surface area (Å²) in [5, 5.41) is 9.39. The van der Waals surface area contributed by atoms with E-state index in [2.05, 4.69) is 26.0 Å². The molecule has 0 spiro atoms. The van der Waals surface area contributed by atoms with Gasteiger partial charge in [0.2, 0.25) is 0 Å². The maximum atomic E-state index is 12.0. The van der Waals surface area contributed by atoms with Crippen LogP contribution in [0.2, 0.25) is 0 Å². The monoisotopic (exact) mass is 482 g/mol. The van der Waals surface area contributed by atoms with Crippen LogP contribution in [0.15, 0.2) is 12.2 Å². The molecule has 0 bridgehead atoms. The number of allylic oxidation sites excluding steroid dienone is 2. The molecule has 0 aromatic rings. The van der Waals surface area contributed by atoms with Gasteiger partial charge in [0.05, 0.1) is 6.61 Å². The fraction of sp³-hybridized carbons (Fsp3) is 0.862. The molecular weight excluding hydrogens is 428 g/mol. The van der Waals surface area contributed by atoms with E-state index in [0.717, 1.165) is 44.9 Å². The SMILES string of the molecule is CCCCCCCC/C=C\CCCCCCCC(=O)O[C@@H](CO)COC(=O)CCCCCCC. The zero-order chi connectivity index (χ0) is 25.1. The van der Waals surface area contributed by atoms with Gasteiger partial charge < -0.3 is 14.6 Å². The van der Waals surface area contributed by atoms with E-state index in [4.69, 9.17) is 9.47 Å². The number of carbonyl (C=O) groups excluding carboxylic acids is 2. The summed E-state index contributed by atoms with van der Waals surface area (Å²) in [5.41, 5.74) is 0. The van der Waals surface area contributed by atoms with Crippen LogP contribution >= 0.6 is 0 Å². The Morgan fingerprint density at radius 3 is 1.59 bits per heavy atom. The lowest BCUT2D eigenvalue weighted by atomic mass is 10.1. The first-order chi connectivity index (χ1) is 16.6. The van der Waals surface area contributed by atoms with Gasteiger partial charge in [0.25, 0.3) is 0 Å². The van der Waals surface area contributed by atoms with E-state index in [0.29, 0.717) is 12.8 Å². The van der Waals surface area contributed by atoms with E-state index in [-0.39, 0.29) is 25.2 Å². The molecule has 0 fully saturated rings. The maximum absolute atomic E-state index is 12.0. The summed E-state index contributed by atoms with van der Waals surface area (Å²) in [4.78, 5) is 23.7. The lowest BCUT2D eigenvalue weighted by molar-refractivity contribution is -0.161. The molecule has 0 aromatic heterocycles. The van der Waals surface area contributed by atoms with Crippen molar-refractivity contribution in [2.75, 3.05) is 13.2 Å². The number of aliphatic hydroxyl groups excluding tert-OH is 1. The molecule has 0 rings (SSSR count). The Hall–Kier alpha value is -1.36. The second kappa shape index (κ2) is 26.2. The number of esters is 2. The van der Waals surface area contributed by atoms with E-state index in [1.54, 1.807) is 0 Å². The van der Waals surface area contributed by atoms with Crippen LogP contribution in [0, 0.1) is 0 Å². The van der Waals surface area contributed by atoms with Gasteiger partial charge in [-0.3, -0.25) is 9.59 Å². The third-order valence-electron chi connectivity index (χ3n) is 6.06. The molecule has 34 heavy (non-hydrogen) atoms. The fourth-order valence-corrected chi connectivity index (χ4v) is 3.84. The molecule has 0 heterocycles. The number of hydrogen-bond acceptors (Lipinski definition) is 5. The van der Waals surface area contributed by atoms with Gasteiger partial charge >= 0.3 is 11.9 Å². The molecule has 5 nitrogen and oxygen atoms in total. The highest BCUT2D eigenvalue weighted by Gasteiger charge is 2.16. The lowest BCUT2D eigenvalue weighted by Crippen LogP contribution is -2.28. The molecular formula is C29H54O5. The van der Waals surface area contributed by atoms with Gasteiger partial charge in [0, 0.05) is 12.8 Å². The highest BCUT2D eigenvalue weighted by atomic mass is 16.6. The zero-order valence-electron chi connectivity index (χ0n) is 22.4. The van der Waals surface area contributed by atoms with E-state index in [9.17, 15) is 14.7 Å². The van der Waals surface area contributed by atoms with Crippen LogP contribution in [-0.4, -0.2) is 36.4 Å². The number of unbranched alkanes of at least 4 members (excludes halogenated alkanes) is 15. The normalized spacial score (nSPS) is 12.2. The molecule has 0 saturated carbocycles. The van der Waals surface area contributed by atoms with Crippen molar-refractivity contribution in [3.63, 3.8) is 0 Å². The zero-order valence-corrected chi connectivity index (χ0v) is 22.4. The second-order valence-electron chi connectivity index (χ2n) is 9.48. The van der Waals surface area contributed by atoms with Crippen molar-refractivity contribution in [3.8, 4) is 0 Å². The first-order valence-electron chi connectivity index (χ1n) is 14.2. The van der Waals surface area contributed by atoms with Crippen LogP contribution in [0.3, 0.4) is 0 Å². The van der Waals surface area contributed by atoms with Gasteiger partial charge in [-0.25, -0.2) is 0 Å². The minimum Gasteiger partial charge on any atom is -0.462 e. The Morgan fingerprint density at radius 2 is 1.09 bits per heavy atom. The van der Waals surface area contributed by atoms with Crippen LogP contribution in [0.1, 0.15) is 142 Å². The number of rotatable bonds is 25. The summed E-state index contributed by atoms with van der Waals surface area (Å²) in [5.74, 6) is -0.615. The number of carbonyl (C=O) groups is 2.